The van der Waals surface area contributed by atoms with Gasteiger partial charge in [-0.3, -0.25) is 10.1 Å². The van der Waals surface area contributed by atoms with Gasteiger partial charge in [0, 0.05) is 12.3 Å². The molecule has 1 aromatic heterocycles. The van der Waals surface area contributed by atoms with Crippen molar-refractivity contribution in [3.05, 3.63) is 62.4 Å². The standard InChI is InChI=1S/C13H8BrN3O3/c14-13-11(17(18)19)2-1-3-12(13)20-8-9-4-5-16-10(6-9)7-15/h1-6H,8H2. The molecule has 0 amide bonds. The number of benzene rings is 1. The average molecular weight is 334 g/mol. The summed E-state index contributed by atoms with van der Waals surface area (Å²) in [4.78, 5) is 14.2. The molecule has 0 bridgehead atoms. The molecule has 20 heavy (non-hydrogen) atoms. The van der Waals surface area contributed by atoms with Gasteiger partial charge in [-0.1, -0.05) is 6.07 Å². The summed E-state index contributed by atoms with van der Waals surface area (Å²) in [5.74, 6) is 0.370. The fraction of sp³-hybridized carbons (Fsp3) is 0.0769. The molecule has 1 aromatic carbocycles. The summed E-state index contributed by atoms with van der Waals surface area (Å²) in [7, 11) is 0. The molecule has 1 heterocycles. The molecule has 100 valence electrons. The average Bonchev–Trinajstić information content (AvgIpc) is 2.46. The van der Waals surface area contributed by atoms with Gasteiger partial charge in [-0.25, -0.2) is 4.98 Å². The molecule has 0 atom stereocenters. The van der Waals surface area contributed by atoms with Crippen molar-refractivity contribution >= 4 is 21.6 Å². The molecular formula is C13H8BrN3O3. The molecule has 0 aliphatic rings. The van der Waals surface area contributed by atoms with E-state index in [2.05, 4.69) is 20.9 Å². The Kier molecular flexibility index (Phi) is 4.27. The molecule has 2 aromatic rings. The molecule has 0 N–H and O–H groups in total. The Bertz CT molecular complexity index is 698. The minimum Gasteiger partial charge on any atom is -0.487 e. The first-order valence-corrected chi connectivity index (χ1v) is 6.32. The minimum absolute atomic E-state index is 0.0602. The maximum atomic E-state index is 10.8. The molecule has 0 radical (unpaired) electrons. The normalized spacial score (nSPS) is 9.80. The Labute approximate surface area is 122 Å². The van der Waals surface area contributed by atoms with E-state index in [-0.39, 0.29) is 12.3 Å². The highest BCUT2D eigenvalue weighted by molar-refractivity contribution is 9.10. The van der Waals surface area contributed by atoms with Crippen molar-refractivity contribution in [1.29, 1.82) is 5.26 Å². The zero-order valence-corrected chi connectivity index (χ0v) is 11.7. The van der Waals surface area contributed by atoms with Crippen molar-refractivity contribution in [2.24, 2.45) is 0 Å². The van der Waals surface area contributed by atoms with E-state index in [9.17, 15) is 10.1 Å². The van der Waals surface area contributed by atoms with Crippen LogP contribution in [0.1, 0.15) is 11.3 Å². The number of nitrogens with zero attached hydrogens (tertiary/aromatic N) is 3. The van der Waals surface area contributed by atoms with Crippen molar-refractivity contribution in [1.82, 2.24) is 4.98 Å². The quantitative estimate of drug-likeness (QED) is 0.633. The van der Waals surface area contributed by atoms with E-state index in [4.69, 9.17) is 10.00 Å². The predicted octanol–water partition coefficient (Wildman–Crippen LogP) is 3.20. The van der Waals surface area contributed by atoms with Gasteiger partial charge in [-0.2, -0.15) is 5.26 Å². The number of halogens is 1. The maximum Gasteiger partial charge on any atom is 0.287 e. The highest BCUT2D eigenvalue weighted by Crippen LogP contribution is 2.34. The predicted molar refractivity (Wildman–Crippen MR) is 74.1 cm³/mol. The first-order valence-electron chi connectivity index (χ1n) is 5.52. The van der Waals surface area contributed by atoms with E-state index in [0.717, 1.165) is 5.56 Å². The van der Waals surface area contributed by atoms with Gasteiger partial charge in [-0.15, -0.1) is 0 Å². The second-order valence-electron chi connectivity index (χ2n) is 3.80. The maximum absolute atomic E-state index is 10.8. The zero-order chi connectivity index (χ0) is 14.5. The SMILES string of the molecule is N#Cc1cc(COc2cccc([N+](=O)[O-])c2Br)ccn1. The Morgan fingerprint density at radius 1 is 1.45 bits per heavy atom. The molecule has 0 saturated heterocycles. The Morgan fingerprint density at radius 3 is 2.95 bits per heavy atom. The van der Waals surface area contributed by atoms with Crippen LogP contribution in [0.3, 0.4) is 0 Å². The van der Waals surface area contributed by atoms with Crippen LogP contribution >= 0.6 is 15.9 Å². The van der Waals surface area contributed by atoms with Crippen molar-refractivity contribution in [2.75, 3.05) is 0 Å². The summed E-state index contributed by atoms with van der Waals surface area (Å²) in [6.07, 6.45) is 1.51. The summed E-state index contributed by atoms with van der Waals surface area (Å²) in [6, 6.07) is 9.81. The van der Waals surface area contributed by atoms with Crippen LogP contribution < -0.4 is 4.74 Å². The lowest BCUT2D eigenvalue weighted by Crippen LogP contribution is -1.99. The first kappa shape index (κ1) is 14.0. The number of nitriles is 1. The van der Waals surface area contributed by atoms with Crippen LogP contribution in [0.25, 0.3) is 0 Å². The Hall–Kier alpha value is -2.46. The first-order chi connectivity index (χ1) is 9.61. The Morgan fingerprint density at radius 2 is 2.25 bits per heavy atom. The number of pyridine rings is 1. The molecule has 6 nitrogen and oxygen atoms in total. The number of hydrogen-bond donors (Lipinski definition) is 0. The van der Waals surface area contributed by atoms with E-state index in [1.807, 2.05) is 6.07 Å². The van der Waals surface area contributed by atoms with Crippen molar-refractivity contribution in [3.63, 3.8) is 0 Å². The molecule has 0 unspecified atom stereocenters. The largest absolute Gasteiger partial charge is 0.487 e. The van der Waals surface area contributed by atoms with Gasteiger partial charge in [0.15, 0.2) is 0 Å². The van der Waals surface area contributed by atoms with Crippen LogP contribution in [0, 0.1) is 21.4 Å². The molecule has 0 saturated carbocycles. The monoisotopic (exact) mass is 333 g/mol. The van der Waals surface area contributed by atoms with E-state index in [1.165, 1.54) is 12.3 Å². The van der Waals surface area contributed by atoms with Gasteiger partial charge in [0.2, 0.25) is 0 Å². The second-order valence-corrected chi connectivity index (χ2v) is 4.59. The van der Waals surface area contributed by atoms with E-state index in [1.54, 1.807) is 24.3 Å². The summed E-state index contributed by atoms with van der Waals surface area (Å²) in [5.41, 5.74) is 0.995. The lowest BCUT2D eigenvalue weighted by atomic mass is 10.2. The molecular weight excluding hydrogens is 326 g/mol. The van der Waals surface area contributed by atoms with Crippen LogP contribution in [0.15, 0.2) is 41.0 Å². The Balaban J connectivity index is 2.17. The van der Waals surface area contributed by atoms with Gasteiger partial charge in [0.05, 0.1) is 4.92 Å². The molecule has 0 aliphatic carbocycles. The number of hydrogen-bond acceptors (Lipinski definition) is 5. The third-order valence-electron chi connectivity index (χ3n) is 2.47. The molecule has 0 aliphatic heterocycles. The van der Waals surface area contributed by atoms with Crippen LogP contribution in [-0.4, -0.2) is 9.91 Å². The van der Waals surface area contributed by atoms with E-state index in [0.29, 0.717) is 15.9 Å². The van der Waals surface area contributed by atoms with Gasteiger partial charge in [0.1, 0.15) is 28.6 Å². The third kappa shape index (κ3) is 3.10. The molecule has 7 heteroatoms. The summed E-state index contributed by atoms with van der Waals surface area (Å²) < 4.78 is 5.82. The fourth-order valence-electron chi connectivity index (χ4n) is 1.54. The molecule has 0 fully saturated rings. The third-order valence-corrected chi connectivity index (χ3v) is 3.27. The number of aromatic nitrogens is 1. The number of rotatable bonds is 4. The molecule has 2 rings (SSSR count). The summed E-state index contributed by atoms with van der Waals surface area (Å²) in [5, 5.41) is 19.6. The fourth-order valence-corrected chi connectivity index (χ4v) is 2.06. The van der Waals surface area contributed by atoms with Crippen molar-refractivity contribution < 1.29 is 9.66 Å². The van der Waals surface area contributed by atoms with Gasteiger partial charge in [-0.05, 0) is 39.7 Å². The van der Waals surface area contributed by atoms with Crippen molar-refractivity contribution in [2.45, 2.75) is 6.61 Å². The van der Waals surface area contributed by atoms with Gasteiger partial charge >= 0.3 is 0 Å². The topological polar surface area (TPSA) is 89.0 Å². The van der Waals surface area contributed by atoms with Crippen LogP contribution in [0.4, 0.5) is 5.69 Å². The van der Waals surface area contributed by atoms with Gasteiger partial charge in [0.25, 0.3) is 5.69 Å². The second kappa shape index (κ2) is 6.12. The van der Waals surface area contributed by atoms with E-state index < -0.39 is 4.92 Å². The highest BCUT2D eigenvalue weighted by atomic mass is 79.9. The number of ether oxygens (including phenoxy) is 1. The van der Waals surface area contributed by atoms with Crippen LogP contribution in [0.2, 0.25) is 0 Å². The van der Waals surface area contributed by atoms with Crippen molar-refractivity contribution in [3.8, 4) is 11.8 Å². The van der Waals surface area contributed by atoms with Crippen LogP contribution in [0.5, 0.6) is 5.75 Å². The number of nitro benzene ring substituents is 1. The lowest BCUT2D eigenvalue weighted by molar-refractivity contribution is -0.385. The molecule has 0 spiro atoms. The summed E-state index contributed by atoms with van der Waals surface area (Å²) >= 11 is 3.15. The van der Waals surface area contributed by atoms with Crippen LogP contribution in [-0.2, 0) is 6.61 Å². The van der Waals surface area contributed by atoms with Gasteiger partial charge < -0.3 is 4.74 Å². The van der Waals surface area contributed by atoms with E-state index >= 15 is 0 Å². The smallest absolute Gasteiger partial charge is 0.287 e. The zero-order valence-electron chi connectivity index (χ0n) is 10.1. The lowest BCUT2D eigenvalue weighted by Gasteiger charge is -2.08. The minimum atomic E-state index is -0.489. The number of nitro groups is 1. The summed E-state index contributed by atoms with van der Waals surface area (Å²) in [6.45, 7) is 0.191. The highest BCUT2D eigenvalue weighted by Gasteiger charge is 2.15.